The molecule has 0 saturated carbocycles. The first-order chi connectivity index (χ1) is 7.79. The molecule has 0 radical (unpaired) electrons. The van der Waals surface area contributed by atoms with Gasteiger partial charge in [0, 0.05) is 17.2 Å². The molecule has 1 unspecified atom stereocenters. The Bertz CT molecular complexity index is 380. The third-order valence-electron chi connectivity index (χ3n) is 2.31. The summed E-state index contributed by atoms with van der Waals surface area (Å²) in [5, 5.41) is 14.4. The lowest BCUT2D eigenvalue weighted by Gasteiger charge is -2.14. The van der Waals surface area contributed by atoms with Gasteiger partial charge < -0.3 is 10.4 Å². The maximum Gasteiger partial charge on any atom is 0.226 e. The third kappa shape index (κ3) is 4.83. The largest absolute Gasteiger partial charge is 0.393 e. The monoisotopic (exact) mass is 256 g/mol. The number of thiazole rings is 1. The molecular weight excluding hydrogens is 236 g/mol. The minimum Gasteiger partial charge on any atom is -0.393 e. The van der Waals surface area contributed by atoms with E-state index < -0.39 is 6.10 Å². The lowest BCUT2D eigenvalue weighted by molar-refractivity contribution is -0.116. The number of anilines is 1. The quantitative estimate of drug-likeness (QED) is 0.870. The number of carbonyl (C=O) groups excluding carboxylic acids is 1. The molecule has 5 heteroatoms. The van der Waals surface area contributed by atoms with Gasteiger partial charge in [0.2, 0.25) is 5.91 Å². The first-order valence-corrected chi connectivity index (χ1v) is 6.61. The average molecular weight is 256 g/mol. The van der Waals surface area contributed by atoms with E-state index in [1.807, 2.05) is 5.38 Å². The summed E-state index contributed by atoms with van der Waals surface area (Å²) < 4.78 is 0. The fourth-order valence-corrected chi connectivity index (χ4v) is 2.15. The lowest BCUT2D eigenvalue weighted by Crippen LogP contribution is -2.15. The fourth-order valence-electron chi connectivity index (χ4n) is 1.20. The van der Waals surface area contributed by atoms with Gasteiger partial charge >= 0.3 is 0 Å². The topological polar surface area (TPSA) is 62.2 Å². The molecule has 0 aliphatic heterocycles. The standard InChI is InChI=1S/C12H20N2O2S/c1-8(15)5-6-10(16)14-11-13-9(7-17-11)12(2,3)4/h7-8,15H,5-6H2,1-4H3,(H,13,14,16). The zero-order valence-electron chi connectivity index (χ0n) is 10.8. The summed E-state index contributed by atoms with van der Waals surface area (Å²) in [6.45, 7) is 7.93. The average Bonchev–Trinajstić information content (AvgIpc) is 2.62. The predicted octanol–water partition coefficient (Wildman–Crippen LogP) is 2.54. The molecule has 1 rings (SSSR count). The van der Waals surface area contributed by atoms with Gasteiger partial charge in [0.15, 0.2) is 5.13 Å². The second-order valence-corrected chi connectivity index (χ2v) is 6.08. The first-order valence-electron chi connectivity index (χ1n) is 5.73. The Labute approximate surface area is 106 Å². The van der Waals surface area contributed by atoms with Crippen molar-refractivity contribution >= 4 is 22.4 Å². The van der Waals surface area contributed by atoms with Crippen LogP contribution in [0.15, 0.2) is 5.38 Å². The fraction of sp³-hybridized carbons (Fsp3) is 0.667. The molecule has 0 bridgehead atoms. The molecule has 0 aliphatic carbocycles. The molecule has 0 spiro atoms. The lowest BCUT2D eigenvalue weighted by atomic mass is 9.93. The van der Waals surface area contributed by atoms with Gasteiger partial charge in [-0.3, -0.25) is 4.79 Å². The summed E-state index contributed by atoms with van der Waals surface area (Å²) in [7, 11) is 0. The van der Waals surface area contributed by atoms with Crippen molar-refractivity contribution in [3.63, 3.8) is 0 Å². The van der Waals surface area contributed by atoms with E-state index in [9.17, 15) is 4.79 Å². The van der Waals surface area contributed by atoms with Gasteiger partial charge in [-0.15, -0.1) is 11.3 Å². The molecule has 1 amide bonds. The van der Waals surface area contributed by atoms with Crippen LogP contribution in [-0.2, 0) is 10.2 Å². The number of hydrogen-bond acceptors (Lipinski definition) is 4. The highest BCUT2D eigenvalue weighted by molar-refractivity contribution is 7.13. The number of aliphatic hydroxyl groups excluding tert-OH is 1. The molecule has 0 saturated heterocycles. The van der Waals surface area contributed by atoms with Crippen LogP contribution in [0, 0.1) is 0 Å². The van der Waals surface area contributed by atoms with Gasteiger partial charge in [-0.25, -0.2) is 4.98 Å². The number of nitrogens with zero attached hydrogens (tertiary/aromatic N) is 1. The number of amides is 1. The van der Waals surface area contributed by atoms with Crippen molar-refractivity contribution in [3.05, 3.63) is 11.1 Å². The normalized spacial score (nSPS) is 13.5. The molecule has 1 aromatic rings. The van der Waals surface area contributed by atoms with Gasteiger partial charge in [-0.05, 0) is 13.3 Å². The number of hydrogen-bond donors (Lipinski definition) is 2. The highest BCUT2D eigenvalue weighted by Gasteiger charge is 2.18. The molecule has 1 aromatic heterocycles. The first kappa shape index (κ1) is 14.1. The van der Waals surface area contributed by atoms with Gasteiger partial charge in [-0.1, -0.05) is 20.8 Å². The van der Waals surface area contributed by atoms with Crippen LogP contribution in [0.25, 0.3) is 0 Å². The van der Waals surface area contributed by atoms with Gasteiger partial charge in [0.1, 0.15) is 0 Å². The van der Waals surface area contributed by atoms with Gasteiger partial charge in [0.05, 0.1) is 11.8 Å². The van der Waals surface area contributed by atoms with Gasteiger partial charge in [0.25, 0.3) is 0 Å². The van der Waals surface area contributed by atoms with E-state index in [0.717, 1.165) is 5.69 Å². The van der Waals surface area contributed by atoms with E-state index >= 15 is 0 Å². The summed E-state index contributed by atoms with van der Waals surface area (Å²) in [5.41, 5.74) is 0.979. The number of aliphatic hydroxyl groups is 1. The van der Waals surface area contributed by atoms with Crippen LogP contribution >= 0.6 is 11.3 Å². The molecule has 2 N–H and O–H groups in total. The Hall–Kier alpha value is -0.940. The van der Waals surface area contributed by atoms with Crippen LogP contribution in [0.1, 0.15) is 46.2 Å². The predicted molar refractivity (Wildman–Crippen MR) is 70.4 cm³/mol. The SMILES string of the molecule is CC(O)CCC(=O)Nc1nc(C(C)(C)C)cs1. The smallest absolute Gasteiger partial charge is 0.226 e. The van der Waals surface area contributed by atoms with Crippen molar-refractivity contribution in [2.24, 2.45) is 0 Å². The van der Waals surface area contributed by atoms with Crippen molar-refractivity contribution in [1.82, 2.24) is 4.98 Å². The van der Waals surface area contributed by atoms with Crippen molar-refractivity contribution < 1.29 is 9.90 Å². The molecular formula is C12H20N2O2S. The Morgan fingerprint density at radius 2 is 2.24 bits per heavy atom. The van der Waals surface area contributed by atoms with E-state index in [1.54, 1.807) is 6.92 Å². The van der Waals surface area contributed by atoms with Crippen molar-refractivity contribution in [1.29, 1.82) is 0 Å². The van der Waals surface area contributed by atoms with E-state index in [-0.39, 0.29) is 11.3 Å². The minimum absolute atomic E-state index is 0.000903. The van der Waals surface area contributed by atoms with E-state index in [0.29, 0.717) is 18.0 Å². The van der Waals surface area contributed by atoms with Crippen molar-refractivity contribution in [3.8, 4) is 0 Å². The number of nitrogens with one attached hydrogen (secondary N) is 1. The summed E-state index contributed by atoms with van der Waals surface area (Å²) >= 11 is 1.43. The van der Waals surface area contributed by atoms with Crippen LogP contribution in [0.5, 0.6) is 0 Å². The molecule has 17 heavy (non-hydrogen) atoms. The Morgan fingerprint density at radius 1 is 1.59 bits per heavy atom. The minimum atomic E-state index is -0.442. The highest BCUT2D eigenvalue weighted by Crippen LogP contribution is 2.26. The molecule has 4 nitrogen and oxygen atoms in total. The van der Waals surface area contributed by atoms with Crippen LogP contribution in [-0.4, -0.2) is 22.1 Å². The van der Waals surface area contributed by atoms with Crippen LogP contribution in [0.4, 0.5) is 5.13 Å². The molecule has 0 aliphatic rings. The Kier molecular flexibility index (Phi) is 4.65. The van der Waals surface area contributed by atoms with Crippen LogP contribution in [0.3, 0.4) is 0 Å². The molecule has 0 fully saturated rings. The number of carbonyl (C=O) groups is 1. The molecule has 0 aromatic carbocycles. The van der Waals surface area contributed by atoms with E-state index in [4.69, 9.17) is 5.11 Å². The molecule has 96 valence electrons. The van der Waals surface area contributed by atoms with Crippen LogP contribution < -0.4 is 5.32 Å². The van der Waals surface area contributed by atoms with E-state index in [1.165, 1.54) is 11.3 Å². The molecule has 1 atom stereocenters. The molecule has 1 heterocycles. The van der Waals surface area contributed by atoms with Crippen molar-refractivity contribution in [2.75, 3.05) is 5.32 Å². The van der Waals surface area contributed by atoms with Crippen LogP contribution in [0.2, 0.25) is 0 Å². The summed E-state index contributed by atoms with van der Waals surface area (Å²) in [6.07, 6.45) is 0.355. The number of rotatable bonds is 4. The van der Waals surface area contributed by atoms with Crippen molar-refractivity contribution in [2.45, 2.75) is 52.1 Å². The maximum atomic E-state index is 11.5. The third-order valence-corrected chi connectivity index (χ3v) is 3.07. The zero-order valence-corrected chi connectivity index (χ0v) is 11.6. The Balaban J connectivity index is 2.52. The second kappa shape index (κ2) is 5.60. The Morgan fingerprint density at radius 3 is 2.71 bits per heavy atom. The summed E-state index contributed by atoms with van der Waals surface area (Å²) in [5.74, 6) is -0.0966. The number of aromatic nitrogens is 1. The highest BCUT2D eigenvalue weighted by atomic mass is 32.1. The van der Waals surface area contributed by atoms with E-state index in [2.05, 4.69) is 31.1 Å². The zero-order chi connectivity index (χ0) is 13.1. The summed E-state index contributed by atoms with van der Waals surface area (Å²) in [6, 6.07) is 0. The second-order valence-electron chi connectivity index (χ2n) is 5.22. The maximum absolute atomic E-state index is 11.5. The van der Waals surface area contributed by atoms with Gasteiger partial charge in [-0.2, -0.15) is 0 Å². The summed E-state index contributed by atoms with van der Waals surface area (Å²) in [4.78, 5) is 15.9.